The maximum absolute atomic E-state index is 12.4. The molecule has 0 aliphatic rings. The van der Waals surface area contributed by atoms with Crippen LogP contribution in [-0.4, -0.2) is 20.7 Å². The van der Waals surface area contributed by atoms with Gasteiger partial charge >= 0.3 is 0 Å². The Labute approximate surface area is 181 Å². The second-order valence-corrected chi connectivity index (χ2v) is 7.56. The highest BCUT2D eigenvalue weighted by molar-refractivity contribution is 5.76. The quantitative estimate of drug-likeness (QED) is 0.439. The van der Waals surface area contributed by atoms with Gasteiger partial charge in [-0.15, -0.1) is 0 Å². The van der Waals surface area contributed by atoms with Crippen LogP contribution in [0.3, 0.4) is 0 Å². The Kier molecular flexibility index (Phi) is 6.26. The molecule has 31 heavy (non-hydrogen) atoms. The van der Waals surface area contributed by atoms with E-state index in [1.165, 1.54) is 0 Å². The third kappa shape index (κ3) is 4.91. The van der Waals surface area contributed by atoms with Gasteiger partial charge in [0, 0.05) is 29.7 Å². The highest BCUT2D eigenvalue weighted by Gasteiger charge is 2.16. The van der Waals surface area contributed by atoms with Gasteiger partial charge in [-0.3, -0.25) is 4.79 Å². The highest BCUT2D eigenvalue weighted by atomic mass is 16.4. The molecule has 0 saturated heterocycles. The molecule has 0 radical (unpaired) electrons. The molecule has 1 unspecified atom stereocenters. The van der Waals surface area contributed by atoms with Crippen LogP contribution in [0.15, 0.2) is 77.5 Å². The summed E-state index contributed by atoms with van der Waals surface area (Å²) >= 11 is 0. The van der Waals surface area contributed by atoms with Crippen molar-refractivity contribution in [3.8, 4) is 17.0 Å². The van der Waals surface area contributed by atoms with Crippen molar-refractivity contribution in [2.45, 2.75) is 39.2 Å². The van der Waals surface area contributed by atoms with Gasteiger partial charge in [-0.1, -0.05) is 48.5 Å². The Hall–Kier alpha value is -3.67. The molecule has 0 saturated carbocycles. The number of aromatic nitrogens is 3. The van der Waals surface area contributed by atoms with E-state index in [0.717, 1.165) is 28.3 Å². The fourth-order valence-electron chi connectivity index (χ4n) is 3.63. The number of nitrogens with zero attached hydrogens (tertiary/aromatic N) is 3. The van der Waals surface area contributed by atoms with Crippen LogP contribution >= 0.6 is 0 Å². The van der Waals surface area contributed by atoms with Crippen molar-refractivity contribution in [1.82, 2.24) is 20.1 Å². The number of hydrogen-bond acceptors (Lipinski definition) is 4. The average molecular weight is 415 g/mol. The minimum Gasteiger partial charge on any atom is -0.441 e. The molecule has 1 atom stereocenters. The molecule has 158 valence electrons. The van der Waals surface area contributed by atoms with Gasteiger partial charge in [0.1, 0.15) is 0 Å². The molecule has 2 aromatic carbocycles. The maximum atomic E-state index is 12.4. The first kappa shape index (κ1) is 20.6. The lowest BCUT2D eigenvalue weighted by Gasteiger charge is -2.14. The Morgan fingerprint density at radius 3 is 2.52 bits per heavy atom. The number of hydrogen-bond donors (Lipinski definition) is 1. The van der Waals surface area contributed by atoms with Crippen LogP contribution in [0.4, 0.5) is 0 Å². The average Bonchev–Trinajstić information content (AvgIpc) is 3.42. The van der Waals surface area contributed by atoms with Crippen molar-refractivity contribution in [3.63, 3.8) is 0 Å². The molecule has 0 aliphatic carbocycles. The minimum atomic E-state index is -0.114. The second-order valence-electron chi connectivity index (χ2n) is 7.56. The van der Waals surface area contributed by atoms with E-state index in [9.17, 15) is 4.79 Å². The Morgan fingerprint density at radius 1 is 1.06 bits per heavy atom. The third-order valence-corrected chi connectivity index (χ3v) is 5.30. The van der Waals surface area contributed by atoms with Gasteiger partial charge in [-0.25, -0.2) is 9.67 Å². The zero-order valence-corrected chi connectivity index (χ0v) is 17.8. The summed E-state index contributed by atoms with van der Waals surface area (Å²) in [7, 11) is 0. The normalized spacial score (nSPS) is 11.9. The zero-order chi connectivity index (χ0) is 21.6. The van der Waals surface area contributed by atoms with E-state index in [1.807, 2.05) is 85.4 Å². The van der Waals surface area contributed by atoms with Crippen LogP contribution in [-0.2, 0) is 11.2 Å². The Morgan fingerprint density at radius 2 is 1.77 bits per heavy atom. The summed E-state index contributed by atoms with van der Waals surface area (Å²) in [6, 6.07) is 19.7. The molecule has 0 fully saturated rings. The lowest BCUT2D eigenvalue weighted by molar-refractivity contribution is -0.121. The predicted octanol–water partition coefficient (Wildman–Crippen LogP) is 5.04. The van der Waals surface area contributed by atoms with Crippen LogP contribution in [0.2, 0.25) is 0 Å². The second kappa shape index (κ2) is 9.43. The smallest absolute Gasteiger partial charge is 0.220 e. The maximum Gasteiger partial charge on any atom is 0.220 e. The SMILES string of the molecule is Cc1c(C(C)NC(=O)CCCc2ncc(-c3ccccc3)o2)cnn1-c1ccccc1. The van der Waals surface area contributed by atoms with Crippen LogP contribution in [0.25, 0.3) is 17.0 Å². The molecule has 2 aromatic heterocycles. The van der Waals surface area contributed by atoms with Crippen LogP contribution in [0, 0.1) is 6.92 Å². The summed E-state index contributed by atoms with van der Waals surface area (Å²) in [5.74, 6) is 1.41. The summed E-state index contributed by atoms with van der Waals surface area (Å²) in [6.45, 7) is 4.00. The van der Waals surface area contributed by atoms with Crippen molar-refractivity contribution in [2.24, 2.45) is 0 Å². The topological polar surface area (TPSA) is 73.0 Å². The number of carbonyl (C=O) groups excluding carboxylic acids is 1. The summed E-state index contributed by atoms with van der Waals surface area (Å²) in [5, 5.41) is 7.56. The van der Waals surface area contributed by atoms with Crippen molar-refractivity contribution in [1.29, 1.82) is 0 Å². The summed E-state index contributed by atoms with van der Waals surface area (Å²) < 4.78 is 7.70. The molecule has 6 nitrogen and oxygen atoms in total. The van der Waals surface area contributed by atoms with E-state index >= 15 is 0 Å². The van der Waals surface area contributed by atoms with Crippen molar-refractivity contribution in [2.75, 3.05) is 0 Å². The molecule has 0 spiro atoms. The number of aryl methyl sites for hydroxylation is 1. The van der Waals surface area contributed by atoms with E-state index in [1.54, 1.807) is 6.20 Å². The zero-order valence-electron chi connectivity index (χ0n) is 17.8. The van der Waals surface area contributed by atoms with E-state index in [0.29, 0.717) is 25.2 Å². The highest BCUT2D eigenvalue weighted by Crippen LogP contribution is 2.22. The van der Waals surface area contributed by atoms with E-state index in [4.69, 9.17) is 4.42 Å². The van der Waals surface area contributed by atoms with E-state index in [-0.39, 0.29) is 11.9 Å². The van der Waals surface area contributed by atoms with Gasteiger partial charge in [0.2, 0.25) is 5.91 Å². The number of carbonyl (C=O) groups is 1. The molecule has 2 heterocycles. The Balaban J connectivity index is 1.29. The molecule has 1 amide bonds. The van der Waals surface area contributed by atoms with Gasteiger partial charge in [-0.2, -0.15) is 5.10 Å². The molecular formula is C25H26N4O2. The molecule has 4 aromatic rings. The molecule has 0 aliphatic heterocycles. The molecular weight excluding hydrogens is 388 g/mol. The standard InChI is InChI=1S/C25H26N4O2/c1-18(22-16-27-29(19(22)2)21-12-7-4-8-13-21)28-24(30)14-9-15-25-26-17-23(31-25)20-10-5-3-6-11-20/h3-8,10-13,16-18H,9,14-15H2,1-2H3,(H,28,30). The number of rotatable bonds is 8. The molecule has 6 heteroatoms. The van der Waals surface area contributed by atoms with Crippen LogP contribution in [0.5, 0.6) is 0 Å². The van der Waals surface area contributed by atoms with Gasteiger partial charge in [0.15, 0.2) is 11.7 Å². The monoisotopic (exact) mass is 414 g/mol. The number of oxazole rings is 1. The number of benzene rings is 2. The van der Waals surface area contributed by atoms with Crippen LogP contribution in [0.1, 0.15) is 43.0 Å². The predicted molar refractivity (Wildman–Crippen MR) is 120 cm³/mol. The number of amides is 1. The van der Waals surface area contributed by atoms with Gasteiger partial charge in [0.05, 0.1) is 24.1 Å². The minimum absolute atomic E-state index is 0.00852. The first-order valence-electron chi connectivity index (χ1n) is 10.5. The van der Waals surface area contributed by atoms with Gasteiger partial charge in [0.25, 0.3) is 0 Å². The number of para-hydroxylation sites is 1. The van der Waals surface area contributed by atoms with Crippen molar-refractivity contribution >= 4 is 5.91 Å². The largest absolute Gasteiger partial charge is 0.441 e. The third-order valence-electron chi connectivity index (χ3n) is 5.30. The summed E-state index contributed by atoms with van der Waals surface area (Å²) in [6.07, 6.45) is 5.28. The lowest BCUT2D eigenvalue weighted by Crippen LogP contribution is -2.26. The fourth-order valence-corrected chi connectivity index (χ4v) is 3.63. The fraction of sp³-hybridized carbons (Fsp3) is 0.240. The van der Waals surface area contributed by atoms with E-state index < -0.39 is 0 Å². The summed E-state index contributed by atoms with van der Waals surface area (Å²) in [5.41, 5.74) is 4.04. The lowest BCUT2D eigenvalue weighted by atomic mass is 10.1. The van der Waals surface area contributed by atoms with Crippen LogP contribution < -0.4 is 5.32 Å². The Bertz CT molecular complexity index is 1130. The first-order chi connectivity index (χ1) is 15.1. The number of nitrogens with one attached hydrogen (secondary N) is 1. The van der Waals surface area contributed by atoms with E-state index in [2.05, 4.69) is 15.4 Å². The molecule has 4 rings (SSSR count). The summed E-state index contributed by atoms with van der Waals surface area (Å²) in [4.78, 5) is 16.8. The first-order valence-corrected chi connectivity index (χ1v) is 10.5. The van der Waals surface area contributed by atoms with Gasteiger partial charge < -0.3 is 9.73 Å². The molecule has 0 bridgehead atoms. The van der Waals surface area contributed by atoms with Crippen molar-refractivity contribution in [3.05, 3.63) is 90.2 Å². The van der Waals surface area contributed by atoms with Crippen molar-refractivity contribution < 1.29 is 9.21 Å². The van der Waals surface area contributed by atoms with Gasteiger partial charge in [-0.05, 0) is 32.4 Å². The molecule has 1 N–H and O–H groups in total.